The lowest BCUT2D eigenvalue weighted by atomic mass is 10.0. The van der Waals surface area contributed by atoms with Crippen molar-refractivity contribution in [2.75, 3.05) is 58.9 Å². The quantitative estimate of drug-likeness (QED) is 0.0279. The monoisotopic (exact) mass is 1120 g/mol. The molecule has 8 aromatic rings. The van der Waals surface area contributed by atoms with Gasteiger partial charge in [-0.25, -0.2) is 19.9 Å². The Bertz CT molecular complexity index is 3410. The average Bonchev–Trinajstić information content (AvgIpc) is 3.67. The fourth-order valence-corrected chi connectivity index (χ4v) is 8.67. The smallest absolute Gasteiger partial charge is 0.317 e. The molecule has 2 aromatic carbocycles. The van der Waals surface area contributed by atoms with Gasteiger partial charge in [-0.05, 0) is 119 Å². The fourth-order valence-electron chi connectivity index (χ4n) is 8.67. The summed E-state index contributed by atoms with van der Waals surface area (Å²) in [6.45, 7) is -2.82. The highest BCUT2D eigenvalue weighted by molar-refractivity contribution is 5.81. The summed E-state index contributed by atoms with van der Waals surface area (Å²) in [4.78, 5) is 116. The number of pyridine rings is 6. The van der Waals surface area contributed by atoms with Crippen LogP contribution in [-0.2, 0) is 37.1 Å². The van der Waals surface area contributed by atoms with Crippen molar-refractivity contribution in [3.05, 3.63) is 190 Å². The number of nitrogens with zero attached hydrogens (tertiary/aromatic N) is 11. The van der Waals surface area contributed by atoms with Gasteiger partial charge in [0.25, 0.3) is 11.4 Å². The van der Waals surface area contributed by atoms with Crippen LogP contribution in [0.25, 0.3) is 67.8 Å². The Morgan fingerprint density at radius 1 is 0.398 bits per heavy atom. The minimum absolute atomic E-state index is 0.0486. The van der Waals surface area contributed by atoms with Gasteiger partial charge in [0.15, 0.2) is 0 Å². The van der Waals surface area contributed by atoms with Crippen LogP contribution in [0.4, 0.5) is 11.4 Å². The van der Waals surface area contributed by atoms with E-state index in [0.717, 1.165) is 0 Å². The summed E-state index contributed by atoms with van der Waals surface area (Å²) in [7, 11) is 0. The molecule has 0 aliphatic heterocycles. The maximum absolute atomic E-state index is 13.4. The standard InChI is InChI=1S/C58H53N13O12/c72-54(61-31-42-7-5-11-48(63-42)52-29-40(38-13-17-44(18-14-38)70(80)81)27-50(65-52)46-9-1-3-21-59-46)33-68(36-57(76)77)25-23-67(35-56(74)75)24-26-69(37-58(78)79)34-55(73)62-32-43-8-6-12-49(64-43)53-30-41(39-15-19-45(20-16-39)71(82)83)28-51(66-53)47-10-2-4-22-60-47/h1-22,27-30H,23-26,31-37H2,(H,61,72)(H,62,73)(H,74,75)(H,76,77)(H,78,79). The molecule has 25 nitrogen and oxygen atoms in total. The zero-order valence-corrected chi connectivity index (χ0v) is 44.2. The topological polar surface area (TPSA) is 343 Å². The maximum atomic E-state index is 13.4. The van der Waals surface area contributed by atoms with Crippen molar-refractivity contribution in [2.45, 2.75) is 13.1 Å². The summed E-state index contributed by atoms with van der Waals surface area (Å²) in [6, 6.07) is 40.4. The number of carboxylic acid groups (broad SMARTS) is 3. The number of carbonyl (C=O) groups is 5. The first-order chi connectivity index (χ1) is 40.0. The van der Waals surface area contributed by atoms with E-state index in [1.54, 1.807) is 109 Å². The zero-order valence-electron chi connectivity index (χ0n) is 44.2. The van der Waals surface area contributed by atoms with E-state index in [1.165, 1.54) is 39.0 Å². The number of non-ortho nitro benzene ring substituents is 2. The summed E-state index contributed by atoms with van der Waals surface area (Å²) in [5.41, 5.74) is 7.52. The molecule has 422 valence electrons. The molecule has 0 aliphatic carbocycles. The number of nitro groups is 2. The largest absolute Gasteiger partial charge is 0.480 e. The van der Waals surface area contributed by atoms with Crippen molar-refractivity contribution in [1.82, 2.24) is 55.2 Å². The number of aromatic nitrogens is 6. The molecule has 2 amide bonds. The number of amides is 2. The fraction of sp³-hybridized carbons (Fsp3) is 0.190. The Kier molecular flexibility index (Phi) is 19.7. The van der Waals surface area contributed by atoms with Crippen LogP contribution in [0.1, 0.15) is 11.4 Å². The molecule has 0 unspecified atom stereocenters. The lowest BCUT2D eigenvalue weighted by molar-refractivity contribution is -0.385. The van der Waals surface area contributed by atoms with Crippen LogP contribution in [0, 0.1) is 20.2 Å². The van der Waals surface area contributed by atoms with E-state index in [9.17, 15) is 59.5 Å². The minimum Gasteiger partial charge on any atom is -0.480 e. The van der Waals surface area contributed by atoms with Crippen LogP contribution >= 0.6 is 0 Å². The summed E-state index contributed by atoms with van der Waals surface area (Å²) in [6.07, 6.45) is 3.25. The first-order valence-corrected chi connectivity index (χ1v) is 25.7. The van der Waals surface area contributed by atoms with Crippen LogP contribution in [0.15, 0.2) is 158 Å². The number of benzene rings is 2. The third kappa shape index (κ3) is 17.2. The van der Waals surface area contributed by atoms with E-state index in [0.29, 0.717) is 79.2 Å². The van der Waals surface area contributed by atoms with Gasteiger partial charge < -0.3 is 26.0 Å². The molecule has 0 atom stereocenters. The van der Waals surface area contributed by atoms with E-state index in [1.807, 2.05) is 24.3 Å². The molecule has 0 aliphatic rings. The van der Waals surface area contributed by atoms with E-state index in [2.05, 4.69) is 20.6 Å². The Morgan fingerprint density at radius 3 is 1.10 bits per heavy atom. The Labute approximate surface area is 473 Å². The van der Waals surface area contributed by atoms with Crippen molar-refractivity contribution >= 4 is 41.1 Å². The highest BCUT2D eigenvalue weighted by Gasteiger charge is 2.22. The Balaban J connectivity index is 0.875. The van der Waals surface area contributed by atoms with Gasteiger partial charge in [0.05, 0.1) is 113 Å². The first-order valence-electron chi connectivity index (χ1n) is 25.7. The number of nitro benzene ring substituents is 2. The van der Waals surface area contributed by atoms with Crippen LogP contribution in [0.3, 0.4) is 0 Å². The highest BCUT2D eigenvalue weighted by atomic mass is 16.6. The van der Waals surface area contributed by atoms with Crippen molar-refractivity contribution < 1.29 is 49.1 Å². The number of nitrogens with one attached hydrogen (secondary N) is 2. The predicted molar refractivity (Wildman–Crippen MR) is 301 cm³/mol. The summed E-state index contributed by atoms with van der Waals surface area (Å²) in [5, 5.41) is 57.5. The first kappa shape index (κ1) is 58.5. The second kappa shape index (κ2) is 28.0. The SMILES string of the molecule is O=C(O)CN(CCN(CC(=O)O)CC(=O)NCc1cccc(-c2cc(-c3ccc([N+](=O)[O-])cc3)cc(-c3ccccn3)n2)n1)CCN(CC(=O)O)CC(=O)NCc1cccc(-c2cc(-c3ccc([N+](=O)[O-])cc3)cc(-c3ccccn3)n2)n1. The number of hydrogen-bond acceptors (Lipinski definition) is 18. The highest BCUT2D eigenvalue weighted by Crippen LogP contribution is 2.32. The molecule has 0 bridgehead atoms. The van der Waals surface area contributed by atoms with Crippen molar-refractivity contribution in [3.8, 4) is 67.8 Å². The van der Waals surface area contributed by atoms with Crippen LogP contribution < -0.4 is 10.6 Å². The molecule has 0 saturated carbocycles. The van der Waals surface area contributed by atoms with Crippen LogP contribution in [0.2, 0.25) is 0 Å². The van der Waals surface area contributed by atoms with Crippen molar-refractivity contribution in [2.24, 2.45) is 0 Å². The number of carbonyl (C=O) groups excluding carboxylic acids is 2. The zero-order chi connectivity index (χ0) is 58.8. The van der Waals surface area contributed by atoms with Crippen LogP contribution in [0.5, 0.6) is 0 Å². The second-order valence-corrected chi connectivity index (χ2v) is 18.8. The molecule has 0 fully saturated rings. The van der Waals surface area contributed by atoms with Gasteiger partial charge in [-0.15, -0.1) is 0 Å². The normalized spacial score (nSPS) is 11.1. The minimum atomic E-state index is -1.24. The summed E-state index contributed by atoms with van der Waals surface area (Å²) >= 11 is 0. The van der Waals surface area contributed by atoms with E-state index in [-0.39, 0.29) is 63.7 Å². The number of carboxylic acids is 3. The lowest BCUT2D eigenvalue weighted by Gasteiger charge is -2.28. The molecular formula is C58H53N13O12. The van der Waals surface area contributed by atoms with Crippen molar-refractivity contribution in [1.29, 1.82) is 0 Å². The maximum Gasteiger partial charge on any atom is 0.317 e. The molecule has 83 heavy (non-hydrogen) atoms. The van der Waals surface area contributed by atoms with Gasteiger partial charge >= 0.3 is 17.9 Å². The van der Waals surface area contributed by atoms with Gasteiger partial charge in [-0.2, -0.15) is 0 Å². The van der Waals surface area contributed by atoms with Gasteiger partial charge in [-0.3, -0.25) is 68.9 Å². The van der Waals surface area contributed by atoms with Gasteiger partial charge in [0, 0.05) is 62.8 Å². The molecule has 0 saturated heterocycles. The number of hydrogen-bond donors (Lipinski definition) is 5. The van der Waals surface area contributed by atoms with E-state index < -0.39 is 59.2 Å². The number of rotatable bonds is 28. The van der Waals surface area contributed by atoms with Crippen LogP contribution in [-0.4, -0.2) is 158 Å². The van der Waals surface area contributed by atoms with Crippen molar-refractivity contribution in [3.63, 3.8) is 0 Å². The van der Waals surface area contributed by atoms with E-state index in [4.69, 9.17) is 19.9 Å². The Morgan fingerprint density at radius 2 is 0.747 bits per heavy atom. The lowest BCUT2D eigenvalue weighted by Crippen LogP contribution is -2.47. The Hall–Kier alpha value is -10.6. The number of aliphatic carboxylic acids is 3. The van der Waals surface area contributed by atoms with E-state index >= 15 is 0 Å². The third-order valence-corrected chi connectivity index (χ3v) is 12.7. The second-order valence-electron chi connectivity index (χ2n) is 18.8. The summed E-state index contributed by atoms with van der Waals surface area (Å²) in [5.74, 6) is -4.82. The molecule has 8 rings (SSSR count). The van der Waals surface area contributed by atoms with Gasteiger partial charge in [0.1, 0.15) is 0 Å². The summed E-state index contributed by atoms with van der Waals surface area (Å²) < 4.78 is 0. The molecule has 6 heterocycles. The molecule has 0 radical (unpaired) electrons. The van der Waals surface area contributed by atoms with Gasteiger partial charge in [0.2, 0.25) is 11.8 Å². The molecule has 5 N–H and O–H groups in total. The molecule has 6 aromatic heterocycles. The van der Waals surface area contributed by atoms with Gasteiger partial charge in [-0.1, -0.05) is 24.3 Å². The molecular weight excluding hydrogens is 1070 g/mol. The predicted octanol–water partition coefficient (Wildman–Crippen LogP) is 5.97. The third-order valence-electron chi connectivity index (χ3n) is 12.7. The molecule has 25 heteroatoms. The average molecular weight is 1120 g/mol. The molecule has 0 spiro atoms.